The van der Waals surface area contributed by atoms with E-state index in [1.165, 1.54) is 0 Å². The third kappa shape index (κ3) is 4.74. The third-order valence-corrected chi connectivity index (χ3v) is 5.11. The highest BCUT2D eigenvalue weighted by atomic mass is 16.5. The first-order valence-corrected chi connectivity index (χ1v) is 10.5. The summed E-state index contributed by atoms with van der Waals surface area (Å²) < 4.78 is 11.2. The Morgan fingerprint density at radius 2 is 1.87 bits per heavy atom. The second-order valence-corrected chi connectivity index (χ2v) is 8.18. The summed E-state index contributed by atoms with van der Waals surface area (Å²) in [6, 6.07) is 11.0. The summed E-state index contributed by atoms with van der Waals surface area (Å²) in [5.41, 5.74) is 1.67. The quantitative estimate of drug-likeness (QED) is 0.662. The van der Waals surface area contributed by atoms with E-state index in [9.17, 15) is 4.79 Å². The normalized spacial score (nSPS) is 18.9. The van der Waals surface area contributed by atoms with Gasteiger partial charge in [-0.2, -0.15) is 4.98 Å². The van der Waals surface area contributed by atoms with Crippen molar-refractivity contribution in [3.8, 4) is 11.5 Å². The van der Waals surface area contributed by atoms with Crippen LogP contribution in [0.25, 0.3) is 11.5 Å². The van der Waals surface area contributed by atoms with Gasteiger partial charge in [-0.25, -0.2) is 4.98 Å². The number of hydrogen-bond acceptors (Lipinski definition) is 7. The summed E-state index contributed by atoms with van der Waals surface area (Å²) in [7, 11) is 0. The number of morpholine rings is 1. The molecule has 8 nitrogen and oxygen atoms in total. The molecule has 8 heteroatoms. The summed E-state index contributed by atoms with van der Waals surface area (Å²) in [5.74, 6) is 1.69. The van der Waals surface area contributed by atoms with Crippen molar-refractivity contribution in [3.05, 3.63) is 54.0 Å². The number of nitrogens with zero attached hydrogens (tertiary/aromatic N) is 4. The van der Waals surface area contributed by atoms with E-state index < -0.39 is 0 Å². The molecular weight excluding hydrogens is 394 g/mol. The minimum absolute atomic E-state index is 0.139. The number of ether oxygens (including phenoxy) is 1. The fraction of sp³-hybridized carbons (Fsp3) is 0.391. The number of anilines is 2. The smallest absolute Gasteiger partial charge is 0.258 e. The van der Waals surface area contributed by atoms with Gasteiger partial charge in [0.1, 0.15) is 5.82 Å². The molecule has 2 aromatic heterocycles. The molecular formula is C23H27N5O3. The zero-order chi connectivity index (χ0) is 22.0. The number of hydrogen-bond donors (Lipinski definition) is 1. The molecule has 1 fully saturated rings. The number of rotatable bonds is 5. The lowest BCUT2D eigenvalue weighted by Gasteiger charge is -2.36. The van der Waals surface area contributed by atoms with Gasteiger partial charge in [-0.1, -0.05) is 31.1 Å². The maximum atomic E-state index is 13.0. The molecule has 1 aromatic carbocycles. The van der Waals surface area contributed by atoms with Crippen molar-refractivity contribution in [3.63, 3.8) is 0 Å². The van der Waals surface area contributed by atoms with Gasteiger partial charge < -0.3 is 19.5 Å². The van der Waals surface area contributed by atoms with E-state index in [1.807, 2.05) is 32.0 Å². The summed E-state index contributed by atoms with van der Waals surface area (Å²) in [5, 5.41) is 6.91. The molecule has 0 radical (unpaired) electrons. The monoisotopic (exact) mass is 421 g/mol. The van der Waals surface area contributed by atoms with Crippen LogP contribution in [0.1, 0.15) is 49.8 Å². The molecule has 1 aliphatic rings. The first-order valence-electron chi connectivity index (χ1n) is 10.5. The number of nitrogens with one attached hydrogen (secondary N) is 1. The van der Waals surface area contributed by atoms with E-state index in [0.29, 0.717) is 28.5 Å². The lowest BCUT2D eigenvalue weighted by Crippen LogP contribution is -2.45. The van der Waals surface area contributed by atoms with Crippen LogP contribution in [0.5, 0.6) is 0 Å². The molecule has 2 atom stereocenters. The molecule has 1 saturated heterocycles. The Morgan fingerprint density at radius 3 is 2.52 bits per heavy atom. The van der Waals surface area contributed by atoms with Crippen LogP contribution in [-0.4, -0.2) is 46.3 Å². The fourth-order valence-electron chi connectivity index (χ4n) is 3.66. The van der Waals surface area contributed by atoms with E-state index in [2.05, 4.69) is 39.2 Å². The van der Waals surface area contributed by atoms with Crippen molar-refractivity contribution < 1.29 is 14.1 Å². The summed E-state index contributed by atoms with van der Waals surface area (Å²) in [4.78, 5) is 24.1. The van der Waals surface area contributed by atoms with Gasteiger partial charge in [-0.3, -0.25) is 4.79 Å². The maximum Gasteiger partial charge on any atom is 0.258 e. The Kier molecular flexibility index (Phi) is 5.99. The highest BCUT2D eigenvalue weighted by molar-refractivity contribution is 6.08. The average Bonchev–Trinajstić information content (AvgIpc) is 3.24. The fourth-order valence-corrected chi connectivity index (χ4v) is 3.66. The predicted octanol–water partition coefficient (Wildman–Crippen LogP) is 4.12. The molecule has 1 N–H and O–H groups in total. The summed E-state index contributed by atoms with van der Waals surface area (Å²) >= 11 is 0. The first kappa shape index (κ1) is 21.0. The first-order chi connectivity index (χ1) is 14.9. The number of carbonyl (C=O) groups is 1. The molecule has 0 unspecified atom stereocenters. The molecule has 0 spiro atoms. The van der Waals surface area contributed by atoms with Crippen molar-refractivity contribution in [1.29, 1.82) is 0 Å². The van der Waals surface area contributed by atoms with Crippen LogP contribution in [0.2, 0.25) is 0 Å². The van der Waals surface area contributed by atoms with Gasteiger partial charge in [-0.05, 0) is 38.1 Å². The number of carbonyl (C=O) groups excluding carboxylic acids is 1. The van der Waals surface area contributed by atoms with E-state index >= 15 is 0 Å². The van der Waals surface area contributed by atoms with Gasteiger partial charge in [0, 0.05) is 19.0 Å². The Hall–Kier alpha value is -3.26. The Morgan fingerprint density at radius 1 is 1.13 bits per heavy atom. The lowest BCUT2D eigenvalue weighted by atomic mass is 10.1. The van der Waals surface area contributed by atoms with Crippen LogP contribution < -0.4 is 10.2 Å². The minimum Gasteiger partial charge on any atom is -0.372 e. The molecule has 4 rings (SSSR count). The summed E-state index contributed by atoms with van der Waals surface area (Å²) in [6.45, 7) is 9.67. The number of benzene rings is 1. The largest absolute Gasteiger partial charge is 0.372 e. The van der Waals surface area contributed by atoms with Crippen LogP contribution in [0.15, 0.2) is 47.1 Å². The SMILES string of the molecule is CC(C)c1noc(-c2ccccc2C(=O)Nc2ccc(N3C[C@H](C)O[C@@H](C)C3)nc2)n1. The van der Waals surface area contributed by atoms with Crippen LogP contribution >= 0.6 is 0 Å². The highest BCUT2D eigenvalue weighted by Crippen LogP contribution is 2.25. The van der Waals surface area contributed by atoms with Crippen molar-refractivity contribution in [2.24, 2.45) is 0 Å². The summed E-state index contributed by atoms with van der Waals surface area (Å²) in [6.07, 6.45) is 1.98. The molecule has 0 aliphatic carbocycles. The third-order valence-electron chi connectivity index (χ3n) is 5.11. The molecule has 0 saturated carbocycles. The average molecular weight is 422 g/mol. The van der Waals surface area contributed by atoms with E-state index in [0.717, 1.165) is 18.9 Å². The van der Waals surface area contributed by atoms with E-state index in [1.54, 1.807) is 24.4 Å². The van der Waals surface area contributed by atoms with Crippen molar-refractivity contribution in [2.45, 2.75) is 45.8 Å². The van der Waals surface area contributed by atoms with Crippen LogP contribution in [0, 0.1) is 0 Å². The molecule has 31 heavy (non-hydrogen) atoms. The van der Waals surface area contributed by atoms with Crippen molar-refractivity contribution in [2.75, 3.05) is 23.3 Å². The van der Waals surface area contributed by atoms with E-state index in [-0.39, 0.29) is 24.0 Å². The molecule has 3 heterocycles. The topological polar surface area (TPSA) is 93.4 Å². The van der Waals surface area contributed by atoms with Crippen molar-refractivity contribution >= 4 is 17.4 Å². The van der Waals surface area contributed by atoms with Crippen molar-refractivity contribution in [1.82, 2.24) is 15.1 Å². The Bertz CT molecular complexity index is 1040. The van der Waals surface area contributed by atoms with Gasteiger partial charge >= 0.3 is 0 Å². The standard InChI is InChI=1S/C23H27N5O3/c1-14(2)21-26-23(31-27-21)19-8-6-5-7-18(19)22(29)25-17-9-10-20(24-11-17)28-12-15(3)30-16(4)13-28/h5-11,14-16H,12-13H2,1-4H3,(H,25,29)/t15-,16-/m0/s1. The Labute approximate surface area is 181 Å². The number of pyridine rings is 1. The highest BCUT2D eigenvalue weighted by Gasteiger charge is 2.23. The van der Waals surface area contributed by atoms with Crippen LogP contribution in [0.3, 0.4) is 0 Å². The van der Waals surface area contributed by atoms with Crippen LogP contribution in [-0.2, 0) is 4.74 Å². The Balaban J connectivity index is 1.50. The molecule has 1 amide bonds. The zero-order valence-electron chi connectivity index (χ0n) is 18.2. The van der Waals surface area contributed by atoms with Crippen LogP contribution in [0.4, 0.5) is 11.5 Å². The molecule has 0 bridgehead atoms. The maximum absolute atomic E-state index is 13.0. The van der Waals surface area contributed by atoms with Gasteiger partial charge in [0.25, 0.3) is 11.8 Å². The molecule has 3 aromatic rings. The zero-order valence-corrected chi connectivity index (χ0v) is 18.2. The minimum atomic E-state index is -0.261. The van der Waals surface area contributed by atoms with Gasteiger partial charge in [0.05, 0.1) is 35.2 Å². The van der Waals surface area contributed by atoms with Gasteiger partial charge in [-0.15, -0.1) is 0 Å². The predicted molar refractivity (Wildman–Crippen MR) is 118 cm³/mol. The van der Waals surface area contributed by atoms with E-state index in [4.69, 9.17) is 9.26 Å². The number of aromatic nitrogens is 3. The molecule has 162 valence electrons. The number of amides is 1. The molecule has 1 aliphatic heterocycles. The second kappa shape index (κ2) is 8.85. The van der Waals surface area contributed by atoms with Gasteiger partial charge in [0.15, 0.2) is 5.82 Å². The second-order valence-electron chi connectivity index (χ2n) is 8.18. The lowest BCUT2D eigenvalue weighted by molar-refractivity contribution is -0.00545. The van der Waals surface area contributed by atoms with Gasteiger partial charge in [0.2, 0.25) is 0 Å².